The Labute approximate surface area is 97.4 Å². The summed E-state index contributed by atoms with van der Waals surface area (Å²) in [6.45, 7) is 6.95. The number of aliphatic hydroxyl groups excluding tert-OH is 2. The Morgan fingerprint density at radius 3 is 2.62 bits per heavy atom. The SMILES string of the molecule is CC(C)(C)C1C=C(OCCCO)C=CC1O. The molecule has 2 atom stereocenters. The van der Waals surface area contributed by atoms with Crippen LogP contribution in [0, 0.1) is 11.3 Å². The average Bonchev–Trinajstić information content (AvgIpc) is 2.19. The smallest absolute Gasteiger partial charge is 0.115 e. The van der Waals surface area contributed by atoms with Crippen molar-refractivity contribution in [2.24, 2.45) is 11.3 Å². The maximum absolute atomic E-state index is 9.87. The van der Waals surface area contributed by atoms with Crippen LogP contribution in [0.15, 0.2) is 24.0 Å². The molecule has 0 aromatic heterocycles. The van der Waals surface area contributed by atoms with E-state index in [0.29, 0.717) is 13.0 Å². The molecule has 0 radical (unpaired) electrons. The van der Waals surface area contributed by atoms with Crippen molar-refractivity contribution in [2.45, 2.75) is 33.3 Å². The van der Waals surface area contributed by atoms with E-state index in [9.17, 15) is 5.11 Å². The quantitative estimate of drug-likeness (QED) is 0.719. The lowest BCUT2D eigenvalue weighted by atomic mass is 9.75. The Hall–Kier alpha value is -0.800. The predicted octanol–water partition coefficient (Wildman–Crippen LogP) is 1.86. The Balaban J connectivity index is 2.62. The minimum Gasteiger partial charge on any atom is -0.494 e. The average molecular weight is 226 g/mol. The van der Waals surface area contributed by atoms with Crippen molar-refractivity contribution in [1.29, 1.82) is 0 Å². The summed E-state index contributed by atoms with van der Waals surface area (Å²) in [6, 6.07) is 0. The highest BCUT2D eigenvalue weighted by Crippen LogP contribution is 2.34. The van der Waals surface area contributed by atoms with Crippen molar-refractivity contribution in [2.75, 3.05) is 13.2 Å². The van der Waals surface area contributed by atoms with Crippen molar-refractivity contribution >= 4 is 0 Å². The molecule has 0 spiro atoms. The Morgan fingerprint density at radius 2 is 2.06 bits per heavy atom. The van der Waals surface area contributed by atoms with Gasteiger partial charge in [-0.2, -0.15) is 0 Å². The van der Waals surface area contributed by atoms with Gasteiger partial charge < -0.3 is 14.9 Å². The van der Waals surface area contributed by atoms with E-state index in [1.54, 1.807) is 12.2 Å². The first-order valence-electron chi connectivity index (χ1n) is 5.77. The molecule has 92 valence electrons. The maximum atomic E-state index is 9.87. The molecule has 3 heteroatoms. The van der Waals surface area contributed by atoms with Gasteiger partial charge in [-0.05, 0) is 17.6 Å². The minimum absolute atomic E-state index is 0.00969. The third kappa shape index (κ3) is 3.65. The van der Waals surface area contributed by atoms with Gasteiger partial charge in [-0.1, -0.05) is 26.8 Å². The van der Waals surface area contributed by atoms with Crippen LogP contribution in [0.5, 0.6) is 0 Å². The largest absolute Gasteiger partial charge is 0.494 e. The van der Waals surface area contributed by atoms with Crippen LogP contribution in [0.25, 0.3) is 0 Å². The van der Waals surface area contributed by atoms with Crippen LogP contribution >= 0.6 is 0 Å². The van der Waals surface area contributed by atoms with Crippen molar-refractivity contribution in [3.05, 3.63) is 24.0 Å². The highest BCUT2D eigenvalue weighted by Gasteiger charge is 2.30. The van der Waals surface area contributed by atoms with Gasteiger partial charge in [0, 0.05) is 18.9 Å². The molecule has 0 amide bonds. The Bertz CT molecular complexity index is 273. The third-order valence-corrected chi connectivity index (χ3v) is 2.74. The number of rotatable bonds is 4. The number of aliphatic hydroxyl groups is 2. The lowest BCUT2D eigenvalue weighted by Gasteiger charge is -2.33. The van der Waals surface area contributed by atoms with Crippen molar-refractivity contribution in [3.63, 3.8) is 0 Å². The molecule has 1 rings (SSSR count). The molecule has 1 aliphatic carbocycles. The van der Waals surface area contributed by atoms with Gasteiger partial charge in [0.05, 0.1) is 12.7 Å². The van der Waals surface area contributed by atoms with E-state index >= 15 is 0 Å². The molecule has 0 aliphatic heterocycles. The topological polar surface area (TPSA) is 49.7 Å². The van der Waals surface area contributed by atoms with Gasteiger partial charge in [0.1, 0.15) is 5.76 Å². The second-order valence-corrected chi connectivity index (χ2v) is 5.24. The zero-order chi connectivity index (χ0) is 12.2. The molecule has 2 N–H and O–H groups in total. The Kier molecular flexibility index (Phi) is 4.56. The molecule has 0 saturated carbocycles. The lowest BCUT2D eigenvalue weighted by molar-refractivity contribution is 0.0975. The van der Waals surface area contributed by atoms with Crippen LogP contribution < -0.4 is 0 Å². The molecule has 16 heavy (non-hydrogen) atoms. The molecule has 1 aliphatic rings. The lowest BCUT2D eigenvalue weighted by Crippen LogP contribution is -2.31. The number of ether oxygens (including phenoxy) is 1. The molecule has 0 aromatic rings. The number of allylic oxidation sites excluding steroid dienone is 1. The summed E-state index contributed by atoms with van der Waals surface area (Å²) < 4.78 is 5.50. The molecule has 3 nitrogen and oxygen atoms in total. The summed E-state index contributed by atoms with van der Waals surface area (Å²) in [5.41, 5.74) is 0.00969. The Morgan fingerprint density at radius 1 is 1.38 bits per heavy atom. The molecule has 0 bridgehead atoms. The van der Waals surface area contributed by atoms with E-state index < -0.39 is 6.10 Å². The standard InChI is InChI=1S/C13H22O3/c1-13(2,3)11-9-10(5-6-12(11)15)16-8-4-7-14/h5-6,9,11-12,14-15H,4,7-8H2,1-3H3. The summed E-state index contributed by atoms with van der Waals surface area (Å²) in [5.74, 6) is 0.861. The fourth-order valence-electron chi connectivity index (χ4n) is 1.76. The normalized spacial score (nSPS) is 25.4. The summed E-state index contributed by atoms with van der Waals surface area (Å²) in [5, 5.41) is 18.5. The van der Waals surface area contributed by atoms with Crippen LogP contribution in [-0.4, -0.2) is 29.5 Å². The molecule has 0 aromatic carbocycles. The maximum Gasteiger partial charge on any atom is 0.115 e. The fraction of sp³-hybridized carbons (Fsp3) is 0.692. The summed E-state index contributed by atoms with van der Waals surface area (Å²) in [6.07, 6.45) is 5.73. The highest BCUT2D eigenvalue weighted by molar-refractivity contribution is 5.23. The molecular weight excluding hydrogens is 204 g/mol. The summed E-state index contributed by atoms with van der Waals surface area (Å²) >= 11 is 0. The van der Waals surface area contributed by atoms with E-state index in [0.717, 1.165) is 5.76 Å². The van der Waals surface area contributed by atoms with E-state index in [-0.39, 0.29) is 17.9 Å². The van der Waals surface area contributed by atoms with E-state index in [1.165, 1.54) is 0 Å². The van der Waals surface area contributed by atoms with Crippen LogP contribution in [-0.2, 0) is 4.74 Å². The van der Waals surface area contributed by atoms with E-state index in [4.69, 9.17) is 9.84 Å². The number of hydrogen-bond donors (Lipinski definition) is 2. The predicted molar refractivity (Wildman–Crippen MR) is 63.8 cm³/mol. The zero-order valence-corrected chi connectivity index (χ0v) is 10.3. The second-order valence-electron chi connectivity index (χ2n) is 5.24. The second kappa shape index (κ2) is 5.51. The third-order valence-electron chi connectivity index (χ3n) is 2.74. The molecule has 0 fully saturated rings. The fourth-order valence-corrected chi connectivity index (χ4v) is 1.76. The van der Waals surface area contributed by atoms with E-state index in [1.807, 2.05) is 6.08 Å². The molecule has 2 unspecified atom stereocenters. The summed E-state index contributed by atoms with van der Waals surface area (Å²) in [7, 11) is 0. The van der Waals surface area contributed by atoms with Gasteiger partial charge in [0.15, 0.2) is 0 Å². The first kappa shape index (κ1) is 13.3. The van der Waals surface area contributed by atoms with E-state index in [2.05, 4.69) is 20.8 Å². The van der Waals surface area contributed by atoms with Crippen molar-refractivity contribution < 1.29 is 14.9 Å². The van der Waals surface area contributed by atoms with Crippen LogP contribution in [0.4, 0.5) is 0 Å². The first-order chi connectivity index (χ1) is 7.45. The molecule has 0 saturated heterocycles. The first-order valence-corrected chi connectivity index (χ1v) is 5.77. The van der Waals surface area contributed by atoms with Crippen LogP contribution in [0.2, 0.25) is 0 Å². The van der Waals surface area contributed by atoms with Crippen molar-refractivity contribution in [1.82, 2.24) is 0 Å². The van der Waals surface area contributed by atoms with Gasteiger partial charge in [0.25, 0.3) is 0 Å². The highest BCUT2D eigenvalue weighted by atomic mass is 16.5. The monoisotopic (exact) mass is 226 g/mol. The number of hydrogen-bond acceptors (Lipinski definition) is 3. The van der Waals surface area contributed by atoms with Gasteiger partial charge in [-0.3, -0.25) is 0 Å². The van der Waals surface area contributed by atoms with Crippen LogP contribution in [0.3, 0.4) is 0 Å². The molecular formula is C13H22O3. The van der Waals surface area contributed by atoms with Gasteiger partial charge in [-0.15, -0.1) is 0 Å². The zero-order valence-electron chi connectivity index (χ0n) is 10.3. The van der Waals surface area contributed by atoms with Crippen molar-refractivity contribution in [3.8, 4) is 0 Å². The minimum atomic E-state index is -0.440. The van der Waals surface area contributed by atoms with Gasteiger partial charge in [-0.25, -0.2) is 0 Å². The summed E-state index contributed by atoms with van der Waals surface area (Å²) in [4.78, 5) is 0. The van der Waals surface area contributed by atoms with Gasteiger partial charge >= 0.3 is 0 Å². The molecule has 0 heterocycles. The van der Waals surface area contributed by atoms with Crippen LogP contribution in [0.1, 0.15) is 27.2 Å². The van der Waals surface area contributed by atoms with Gasteiger partial charge in [0.2, 0.25) is 0 Å².